The molecule has 0 saturated heterocycles. The lowest BCUT2D eigenvalue weighted by atomic mass is 10.0. The van der Waals surface area contributed by atoms with Gasteiger partial charge in [-0.3, -0.25) is 4.79 Å². The molecule has 0 aliphatic heterocycles. The number of esters is 1. The lowest BCUT2D eigenvalue weighted by Gasteiger charge is -2.19. The van der Waals surface area contributed by atoms with E-state index in [0.717, 1.165) is 12.8 Å². The first-order valence-electron chi connectivity index (χ1n) is 4.83. The summed E-state index contributed by atoms with van der Waals surface area (Å²) < 4.78 is 5.15. The van der Waals surface area contributed by atoms with Crippen molar-refractivity contribution in [2.45, 2.75) is 58.6 Å². The van der Waals surface area contributed by atoms with E-state index in [1.54, 1.807) is 0 Å². The minimum atomic E-state index is -0.469. The number of hydrogen-bond donors (Lipinski definition) is 1. The molecule has 0 aromatic rings. The highest BCUT2D eigenvalue weighted by molar-refractivity contribution is 5.70. The molecule has 1 unspecified atom stereocenters. The van der Waals surface area contributed by atoms with Crippen LogP contribution in [0.4, 0.5) is 0 Å². The Balaban J connectivity index is 3.74. The summed E-state index contributed by atoms with van der Waals surface area (Å²) in [7, 11) is 0. The van der Waals surface area contributed by atoms with E-state index in [1.165, 1.54) is 0 Å². The fraction of sp³-hybridized carbons (Fsp3) is 0.900. The van der Waals surface area contributed by atoms with Gasteiger partial charge in [0.15, 0.2) is 0 Å². The molecule has 78 valence electrons. The van der Waals surface area contributed by atoms with Crippen LogP contribution in [0.25, 0.3) is 0 Å². The minimum absolute atomic E-state index is 0.0137. The number of hydrogen-bond acceptors (Lipinski definition) is 3. The molecule has 13 heavy (non-hydrogen) atoms. The van der Waals surface area contributed by atoms with E-state index in [1.807, 2.05) is 20.8 Å². The Hall–Kier alpha value is -0.570. The molecule has 0 saturated carbocycles. The van der Waals surface area contributed by atoms with Crippen LogP contribution in [-0.4, -0.2) is 17.6 Å². The molecular weight excluding hydrogens is 166 g/mol. The topological polar surface area (TPSA) is 52.3 Å². The summed E-state index contributed by atoms with van der Waals surface area (Å²) in [4.78, 5) is 11.2. The fourth-order valence-electron chi connectivity index (χ4n) is 1.10. The summed E-state index contributed by atoms with van der Waals surface area (Å²) in [5.74, 6) is -0.201. The average Bonchev–Trinajstić information content (AvgIpc) is 1.81. The van der Waals surface area contributed by atoms with Gasteiger partial charge in [-0.2, -0.15) is 0 Å². The molecule has 2 N–H and O–H groups in total. The number of nitrogens with two attached hydrogens (primary N) is 1. The van der Waals surface area contributed by atoms with Crippen molar-refractivity contribution in [3.63, 3.8) is 0 Å². The highest BCUT2D eigenvalue weighted by atomic mass is 16.5. The minimum Gasteiger partial charge on any atom is -0.463 e. The monoisotopic (exact) mass is 187 g/mol. The van der Waals surface area contributed by atoms with Crippen LogP contribution in [0, 0.1) is 0 Å². The van der Waals surface area contributed by atoms with Crippen LogP contribution in [0.15, 0.2) is 0 Å². The van der Waals surface area contributed by atoms with Crippen molar-refractivity contribution < 1.29 is 9.53 Å². The highest BCUT2D eigenvalue weighted by Crippen LogP contribution is 2.08. The molecule has 3 heteroatoms. The molecular formula is C10H21NO2. The second-order valence-corrected chi connectivity index (χ2v) is 4.25. The molecule has 0 fully saturated rings. The normalized spacial score (nSPS) is 13.9. The smallest absolute Gasteiger partial charge is 0.307 e. The predicted molar refractivity (Wildman–Crippen MR) is 53.3 cm³/mol. The maximum atomic E-state index is 11.2. The highest BCUT2D eigenvalue weighted by Gasteiger charge is 2.18. The van der Waals surface area contributed by atoms with Crippen LogP contribution in [0.1, 0.15) is 47.0 Å². The van der Waals surface area contributed by atoms with Gasteiger partial charge in [0, 0.05) is 5.54 Å². The SMILES string of the molecule is CCCC(C)OC(=O)CC(C)(C)N. The Kier molecular flexibility index (Phi) is 4.99. The lowest BCUT2D eigenvalue weighted by molar-refractivity contribution is -0.149. The van der Waals surface area contributed by atoms with E-state index in [9.17, 15) is 4.79 Å². The molecule has 0 bridgehead atoms. The quantitative estimate of drug-likeness (QED) is 0.668. The second kappa shape index (κ2) is 5.22. The summed E-state index contributed by atoms with van der Waals surface area (Å²) in [6.07, 6.45) is 2.23. The fourth-order valence-corrected chi connectivity index (χ4v) is 1.10. The van der Waals surface area contributed by atoms with Gasteiger partial charge in [-0.1, -0.05) is 13.3 Å². The molecule has 0 heterocycles. The molecule has 3 nitrogen and oxygen atoms in total. The number of ether oxygens (including phenoxy) is 1. The third-order valence-corrected chi connectivity index (χ3v) is 1.63. The molecule has 1 atom stereocenters. The van der Waals surface area contributed by atoms with Gasteiger partial charge in [0.25, 0.3) is 0 Å². The third-order valence-electron chi connectivity index (χ3n) is 1.63. The standard InChI is InChI=1S/C10H21NO2/c1-5-6-8(2)13-9(12)7-10(3,4)11/h8H,5-7,11H2,1-4H3. The van der Waals surface area contributed by atoms with Crippen molar-refractivity contribution in [1.29, 1.82) is 0 Å². The molecule has 0 radical (unpaired) electrons. The first kappa shape index (κ1) is 12.4. The van der Waals surface area contributed by atoms with Crippen molar-refractivity contribution in [3.05, 3.63) is 0 Å². The zero-order chi connectivity index (χ0) is 10.5. The maximum Gasteiger partial charge on any atom is 0.307 e. The summed E-state index contributed by atoms with van der Waals surface area (Å²) in [5, 5.41) is 0. The van der Waals surface area contributed by atoms with Gasteiger partial charge < -0.3 is 10.5 Å². The van der Waals surface area contributed by atoms with Crippen LogP contribution in [-0.2, 0) is 9.53 Å². The maximum absolute atomic E-state index is 11.2. The third kappa shape index (κ3) is 7.78. The van der Waals surface area contributed by atoms with Crippen molar-refractivity contribution >= 4 is 5.97 Å². The summed E-state index contributed by atoms with van der Waals surface area (Å²) in [5.41, 5.74) is 5.22. The zero-order valence-corrected chi connectivity index (χ0v) is 9.09. The molecule has 0 rings (SSSR count). The Bertz CT molecular complexity index is 161. The molecule has 0 aromatic heterocycles. The van der Waals surface area contributed by atoms with Gasteiger partial charge in [0.05, 0.1) is 12.5 Å². The van der Waals surface area contributed by atoms with Crippen LogP contribution >= 0.6 is 0 Å². The van der Waals surface area contributed by atoms with E-state index in [-0.39, 0.29) is 18.5 Å². The van der Waals surface area contributed by atoms with Crippen molar-refractivity contribution in [2.75, 3.05) is 0 Å². The molecule has 0 spiro atoms. The number of carbonyl (C=O) groups excluding carboxylic acids is 1. The molecule has 0 aliphatic carbocycles. The van der Waals surface area contributed by atoms with Gasteiger partial charge in [-0.05, 0) is 27.2 Å². The summed E-state index contributed by atoms with van der Waals surface area (Å²) >= 11 is 0. The average molecular weight is 187 g/mol. The van der Waals surface area contributed by atoms with Crippen LogP contribution < -0.4 is 5.73 Å². The zero-order valence-electron chi connectivity index (χ0n) is 9.09. The van der Waals surface area contributed by atoms with E-state index in [2.05, 4.69) is 6.92 Å². The van der Waals surface area contributed by atoms with Gasteiger partial charge in [-0.25, -0.2) is 0 Å². The lowest BCUT2D eigenvalue weighted by Crippen LogP contribution is -2.36. The van der Waals surface area contributed by atoms with Crippen molar-refractivity contribution in [3.8, 4) is 0 Å². The van der Waals surface area contributed by atoms with Crippen molar-refractivity contribution in [1.82, 2.24) is 0 Å². The first-order valence-corrected chi connectivity index (χ1v) is 4.83. The summed E-state index contributed by atoms with van der Waals surface area (Å²) in [6.45, 7) is 7.61. The van der Waals surface area contributed by atoms with E-state index in [0.29, 0.717) is 0 Å². The van der Waals surface area contributed by atoms with Gasteiger partial charge in [0.1, 0.15) is 0 Å². The molecule has 0 amide bonds. The predicted octanol–water partition coefficient (Wildman–Crippen LogP) is 1.85. The number of carbonyl (C=O) groups is 1. The van der Waals surface area contributed by atoms with E-state index < -0.39 is 5.54 Å². The second-order valence-electron chi connectivity index (χ2n) is 4.25. The van der Waals surface area contributed by atoms with Crippen LogP contribution in [0.3, 0.4) is 0 Å². The van der Waals surface area contributed by atoms with Gasteiger partial charge >= 0.3 is 5.97 Å². The van der Waals surface area contributed by atoms with E-state index in [4.69, 9.17) is 10.5 Å². The van der Waals surface area contributed by atoms with E-state index >= 15 is 0 Å². The van der Waals surface area contributed by atoms with Crippen LogP contribution in [0.5, 0.6) is 0 Å². The van der Waals surface area contributed by atoms with Crippen LogP contribution in [0.2, 0.25) is 0 Å². The molecule has 0 aliphatic rings. The number of rotatable bonds is 5. The first-order chi connectivity index (χ1) is 5.85. The Morgan fingerprint density at radius 3 is 2.46 bits per heavy atom. The van der Waals surface area contributed by atoms with Gasteiger partial charge in [-0.15, -0.1) is 0 Å². The van der Waals surface area contributed by atoms with Crippen molar-refractivity contribution in [2.24, 2.45) is 5.73 Å². The Morgan fingerprint density at radius 1 is 1.54 bits per heavy atom. The largest absolute Gasteiger partial charge is 0.463 e. The Morgan fingerprint density at radius 2 is 2.08 bits per heavy atom. The molecule has 0 aromatic carbocycles. The van der Waals surface area contributed by atoms with Gasteiger partial charge in [0.2, 0.25) is 0 Å². The summed E-state index contributed by atoms with van der Waals surface area (Å²) in [6, 6.07) is 0. The Labute approximate surface area is 80.6 Å².